The number of rotatable bonds is 4. The Labute approximate surface area is 89.3 Å². The smallest absolute Gasteiger partial charge is 0.229 e. The van der Waals surface area contributed by atoms with Gasteiger partial charge in [0.05, 0.1) is 18.0 Å². The van der Waals surface area contributed by atoms with Gasteiger partial charge in [-0.2, -0.15) is 0 Å². The Bertz CT molecular complexity index is 451. The van der Waals surface area contributed by atoms with Crippen LogP contribution in [0, 0.1) is 0 Å². The summed E-state index contributed by atoms with van der Waals surface area (Å²) in [5.74, 6) is 0.602. The van der Waals surface area contributed by atoms with E-state index < -0.39 is 10.0 Å². The van der Waals surface area contributed by atoms with Crippen molar-refractivity contribution >= 4 is 15.7 Å². The first-order valence-corrected chi connectivity index (χ1v) is 6.67. The lowest BCUT2D eigenvalue weighted by atomic mass is 10.3. The third-order valence-electron chi connectivity index (χ3n) is 2.00. The van der Waals surface area contributed by atoms with E-state index in [0.29, 0.717) is 11.4 Å². The Kier molecular flexibility index (Phi) is 2.56. The number of anilines is 1. The number of sulfonamides is 1. The van der Waals surface area contributed by atoms with E-state index in [-0.39, 0.29) is 6.10 Å². The van der Waals surface area contributed by atoms with E-state index in [0.717, 1.165) is 19.1 Å². The highest BCUT2D eigenvalue weighted by Gasteiger charge is 2.24. The van der Waals surface area contributed by atoms with Gasteiger partial charge in [0.1, 0.15) is 5.75 Å². The summed E-state index contributed by atoms with van der Waals surface area (Å²) in [5, 5.41) is 0. The minimum absolute atomic E-state index is 0.257. The molecule has 0 atom stereocenters. The molecule has 1 aliphatic carbocycles. The second kappa shape index (κ2) is 3.73. The fraction of sp³-hybridized carbons (Fsp3) is 0.400. The molecule has 15 heavy (non-hydrogen) atoms. The molecular formula is C10H13NO3S. The summed E-state index contributed by atoms with van der Waals surface area (Å²) >= 11 is 0. The van der Waals surface area contributed by atoms with E-state index >= 15 is 0 Å². The molecule has 0 unspecified atom stereocenters. The Morgan fingerprint density at radius 1 is 1.33 bits per heavy atom. The molecule has 0 aromatic heterocycles. The van der Waals surface area contributed by atoms with Gasteiger partial charge in [-0.3, -0.25) is 4.72 Å². The molecule has 5 heteroatoms. The average molecular weight is 227 g/mol. The molecule has 1 N–H and O–H groups in total. The number of ether oxygens (including phenoxy) is 1. The molecule has 4 nitrogen and oxygen atoms in total. The molecule has 0 aliphatic heterocycles. The SMILES string of the molecule is CS(=O)(=O)Nc1ccccc1OC1CC1. The van der Waals surface area contributed by atoms with Crippen molar-refractivity contribution in [2.45, 2.75) is 18.9 Å². The van der Waals surface area contributed by atoms with Crippen molar-refractivity contribution < 1.29 is 13.2 Å². The summed E-state index contributed by atoms with van der Waals surface area (Å²) in [5.41, 5.74) is 0.506. The zero-order valence-electron chi connectivity index (χ0n) is 8.43. The number of para-hydroxylation sites is 2. The second-order valence-corrected chi connectivity index (χ2v) is 5.44. The van der Waals surface area contributed by atoms with Crippen molar-refractivity contribution in [3.05, 3.63) is 24.3 Å². The van der Waals surface area contributed by atoms with Gasteiger partial charge < -0.3 is 4.74 Å². The van der Waals surface area contributed by atoms with Gasteiger partial charge in [0.15, 0.2) is 0 Å². The van der Waals surface area contributed by atoms with E-state index in [1.54, 1.807) is 18.2 Å². The Morgan fingerprint density at radius 3 is 2.60 bits per heavy atom. The summed E-state index contributed by atoms with van der Waals surface area (Å²) in [6.45, 7) is 0. The summed E-state index contributed by atoms with van der Waals surface area (Å²) in [6.07, 6.45) is 3.48. The molecule has 1 fully saturated rings. The van der Waals surface area contributed by atoms with Gasteiger partial charge in [0.2, 0.25) is 10.0 Å². The van der Waals surface area contributed by atoms with Crippen LogP contribution in [0.3, 0.4) is 0 Å². The average Bonchev–Trinajstić information content (AvgIpc) is 2.89. The highest BCUT2D eigenvalue weighted by molar-refractivity contribution is 7.92. The molecule has 0 heterocycles. The van der Waals surface area contributed by atoms with Crippen LogP contribution in [0.2, 0.25) is 0 Å². The van der Waals surface area contributed by atoms with Crippen molar-refractivity contribution in [1.29, 1.82) is 0 Å². The largest absolute Gasteiger partial charge is 0.488 e. The number of benzene rings is 1. The van der Waals surface area contributed by atoms with Crippen molar-refractivity contribution in [3.8, 4) is 5.75 Å². The van der Waals surface area contributed by atoms with Crippen LogP contribution in [-0.2, 0) is 10.0 Å². The quantitative estimate of drug-likeness (QED) is 0.850. The first kappa shape index (κ1) is 10.3. The number of hydrogen-bond donors (Lipinski definition) is 1. The summed E-state index contributed by atoms with van der Waals surface area (Å²) < 4.78 is 30.2. The van der Waals surface area contributed by atoms with Crippen LogP contribution in [0.5, 0.6) is 5.75 Å². The molecule has 82 valence electrons. The normalized spacial score (nSPS) is 16.1. The predicted molar refractivity (Wildman–Crippen MR) is 58.6 cm³/mol. The molecule has 0 saturated heterocycles. The van der Waals surface area contributed by atoms with Crippen LogP contribution in [0.25, 0.3) is 0 Å². The summed E-state index contributed by atoms with van der Waals surface area (Å²) in [6, 6.07) is 7.06. The fourth-order valence-electron chi connectivity index (χ4n) is 1.22. The van der Waals surface area contributed by atoms with Gasteiger partial charge in [0.25, 0.3) is 0 Å². The van der Waals surface area contributed by atoms with Crippen LogP contribution in [-0.4, -0.2) is 20.8 Å². The standard InChI is InChI=1S/C10H13NO3S/c1-15(12,13)11-9-4-2-3-5-10(9)14-8-6-7-8/h2-5,8,11H,6-7H2,1H3. The van der Waals surface area contributed by atoms with Crippen LogP contribution in [0.1, 0.15) is 12.8 Å². The molecule has 2 rings (SSSR count). The lowest BCUT2D eigenvalue weighted by molar-refractivity contribution is 0.305. The van der Waals surface area contributed by atoms with Gasteiger partial charge in [-0.05, 0) is 25.0 Å². The van der Waals surface area contributed by atoms with Crippen LogP contribution in [0.4, 0.5) is 5.69 Å². The molecule has 0 amide bonds. The van der Waals surface area contributed by atoms with Crippen LogP contribution in [0.15, 0.2) is 24.3 Å². The van der Waals surface area contributed by atoms with Crippen molar-refractivity contribution in [2.75, 3.05) is 11.0 Å². The summed E-state index contributed by atoms with van der Waals surface area (Å²) in [4.78, 5) is 0. The third-order valence-corrected chi connectivity index (χ3v) is 2.59. The second-order valence-electron chi connectivity index (χ2n) is 3.69. The lowest BCUT2D eigenvalue weighted by Crippen LogP contribution is -2.11. The minimum Gasteiger partial charge on any atom is -0.488 e. The van der Waals surface area contributed by atoms with Crippen LogP contribution >= 0.6 is 0 Å². The molecular weight excluding hydrogens is 214 g/mol. The lowest BCUT2D eigenvalue weighted by Gasteiger charge is -2.11. The fourth-order valence-corrected chi connectivity index (χ4v) is 1.79. The van der Waals surface area contributed by atoms with Gasteiger partial charge in [0, 0.05) is 0 Å². The van der Waals surface area contributed by atoms with E-state index in [9.17, 15) is 8.42 Å². The predicted octanol–water partition coefficient (Wildman–Crippen LogP) is 1.60. The molecule has 0 bridgehead atoms. The third kappa shape index (κ3) is 3.13. The molecule has 0 radical (unpaired) electrons. The van der Waals surface area contributed by atoms with Crippen molar-refractivity contribution in [2.24, 2.45) is 0 Å². The highest BCUT2D eigenvalue weighted by atomic mass is 32.2. The Morgan fingerprint density at radius 2 is 2.00 bits per heavy atom. The number of nitrogens with one attached hydrogen (secondary N) is 1. The maximum absolute atomic E-state index is 11.1. The van der Waals surface area contributed by atoms with E-state index in [4.69, 9.17) is 4.74 Å². The Balaban J connectivity index is 2.20. The highest BCUT2D eigenvalue weighted by Crippen LogP contribution is 2.32. The van der Waals surface area contributed by atoms with Gasteiger partial charge in [-0.25, -0.2) is 8.42 Å². The first-order chi connectivity index (χ1) is 7.04. The molecule has 1 aromatic carbocycles. The maximum Gasteiger partial charge on any atom is 0.229 e. The minimum atomic E-state index is -3.25. The zero-order chi connectivity index (χ0) is 10.9. The van der Waals surface area contributed by atoms with Crippen molar-refractivity contribution in [1.82, 2.24) is 0 Å². The zero-order valence-corrected chi connectivity index (χ0v) is 9.25. The van der Waals surface area contributed by atoms with Gasteiger partial charge in [-0.15, -0.1) is 0 Å². The van der Waals surface area contributed by atoms with E-state index in [1.165, 1.54) is 0 Å². The van der Waals surface area contributed by atoms with Crippen molar-refractivity contribution in [3.63, 3.8) is 0 Å². The summed E-state index contributed by atoms with van der Waals surface area (Å²) in [7, 11) is -3.25. The first-order valence-electron chi connectivity index (χ1n) is 4.78. The molecule has 0 spiro atoms. The van der Waals surface area contributed by atoms with E-state index in [1.807, 2.05) is 6.07 Å². The maximum atomic E-state index is 11.1. The molecule has 1 saturated carbocycles. The monoisotopic (exact) mass is 227 g/mol. The van der Waals surface area contributed by atoms with E-state index in [2.05, 4.69) is 4.72 Å². The molecule has 1 aliphatic rings. The topological polar surface area (TPSA) is 55.4 Å². The molecule has 1 aromatic rings. The van der Waals surface area contributed by atoms with Gasteiger partial charge >= 0.3 is 0 Å². The van der Waals surface area contributed by atoms with Crippen LogP contribution < -0.4 is 9.46 Å². The Hall–Kier alpha value is -1.23. The van der Waals surface area contributed by atoms with Gasteiger partial charge in [-0.1, -0.05) is 12.1 Å². The number of hydrogen-bond acceptors (Lipinski definition) is 3.